The van der Waals surface area contributed by atoms with E-state index in [1.807, 2.05) is 0 Å². The number of hydrogen-bond donors (Lipinski definition) is 0. The molecular weight excluding hydrogens is 435 g/mol. The second-order valence-corrected chi connectivity index (χ2v) is 8.97. The lowest BCUT2D eigenvalue weighted by Crippen LogP contribution is -2.25. The highest BCUT2D eigenvalue weighted by atomic mass is 35.5. The van der Waals surface area contributed by atoms with Crippen molar-refractivity contribution < 1.29 is 19.1 Å². The molecule has 6 heteroatoms. The van der Waals surface area contributed by atoms with Gasteiger partial charge in [0.1, 0.15) is 11.5 Å². The van der Waals surface area contributed by atoms with Gasteiger partial charge in [-0.1, -0.05) is 55.8 Å². The van der Waals surface area contributed by atoms with E-state index in [1.54, 1.807) is 24.3 Å². The average molecular weight is 463 g/mol. The molecule has 2 aromatic carbocycles. The van der Waals surface area contributed by atoms with Crippen LogP contribution in [-0.4, -0.2) is 11.9 Å². The second-order valence-electron chi connectivity index (χ2n) is 8.12. The monoisotopic (exact) mass is 462 g/mol. The van der Waals surface area contributed by atoms with Crippen LogP contribution in [0.15, 0.2) is 42.5 Å². The first-order valence-corrected chi connectivity index (χ1v) is 11.7. The largest absolute Gasteiger partial charge is 0.425 e. The Bertz CT molecular complexity index is 887. The summed E-state index contributed by atoms with van der Waals surface area (Å²) in [5.74, 6) is 0.484. The van der Waals surface area contributed by atoms with Crippen LogP contribution in [0.25, 0.3) is 0 Å². The SMILES string of the molecule is CCCCC[C@H]1CC[C@H](C(=O)Oc2ccc(C(=O)Oc3ccc(Cl)cc3)cc2Cl)CC1. The zero-order chi connectivity index (χ0) is 22.2. The predicted octanol–water partition coefficient (Wildman–Crippen LogP) is 7.50. The van der Waals surface area contributed by atoms with Gasteiger partial charge in [0, 0.05) is 5.02 Å². The van der Waals surface area contributed by atoms with Gasteiger partial charge in [-0.25, -0.2) is 4.79 Å². The lowest BCUT2D eigenvalue weighted by atomic mass is 9.80. The Labute approximate surface area is 193 Å². The number of hydrogen-bond acceptors (Lipinski definition) is 4. The van der Waals surface area contributed by atoms with Gasteiger partial charge in [-0.2, -0.15) is 0 Å². The van der Waals surface area contributed by atoms with Gasteiger partial charge in [0.15, 0.2) is 0 Å². The highest BCUT2D eigenvalue weighted by Gasteiger charge is 2.28. The van der Waals surface area contributed by atoms with Crippen molar-refractivity contribution in [3.8, 4) is 11.5 Å². The molecule has 4 nitrogen and oxygen atoms in total. The van der Waals surface area contributed by atoms with Gasteiger partial charge in [-0.05, 0) is 74.1 Å². The van der Waals surface area contributed by atoms with E-state index in [2.05, 4.69) is 6.92 Å². The van der Waals surface area contributed by atoms with Crippen molar-refractivity contribution in [3.05, 3.63) is 58.1 Å². The number of carbonyl (C=O) groups excluding carboxylic acids is 2. The number of esters is 2. The Kier molecular flexibility index (Phi) is 8.79. The molecule has 0 heterocycles. The number of ether oxygens (including phenoxy) is 2. The Hall–Kier alpha value is -2.04. The molecule has 0 aromatic heterocycles. The van der Waals surface area contributed by atoms with Gasteiger partial charge in [0.2, 0.25) is 0 Å². The summed E-state index contributed by atoms with van der Waals surface area (Å²) in [5, 5.41) is 0.756. The van der Waals surface area contributed by atoms with Crippen molar-refractivity contribution in [3.63, 3.8) is 0 Å². The van der Waals surface area contributed by atoms with E-state index in [9.17, 15) is 9.59 Å². The van der Waals surface area contributed by atoms with Gasteiger partial charge in [0.25, 0.3) is 0 Å². The summed E-state index contributed by atoms with van der Waals surface area (Å²) in [5.41, 5.74) is 0.271. The van der Waals surface area contributed by atoms with Crippen LogP contribution >= 0.6 is 23.2 Å². The zero-order valence-electron chi connectivity index (χ0n) is 17.7. The smallest absolute Gasteiger partial charge is 0.343 e. The molecule has 1 fully saturated rings. The number of carbonyl (C=O) groups is 2. The summed E-state index contributed by atoms with van der Waals surface area (Å²) < 4.78 is 10.9. The molecule has 166 valence electrons. The van der Waals surface area contributed by atoms with Gasteiger partial charge in [-0.15, -0.1) is 0 Å². The molecule has 1 aliphatic rings. The normalized spacial score (nSPS) is 18.4. The van der Waals surface area contributed by atoms with Crippen LogP contribution in [0, 0.1) is 11.8 Å². The molecule has 0 radical (unpaired) electrons. The highest BCUT2D eigenvalue weighted by Crippen LogP contribution is 2.34. The van der Waals surface area contributed by atoms with Crippen LogP contribution in [0.2, 0.25) is 10.0 Å². The molecule has 2 aromatic rings. The molecule has 1 saturated carbocycles. The van der Waals surface area contributed by atoms with Crippen molar-refractivity contribution in [2.45, 2.75) is 58.3 Å². The highest BCUT2D eigenvalue weighted by molar-refractivity contribution is 6.32. The fourth-order valence-corrected chi connectivity index (χ4v) is 4.29. The van der Waals surface area contributed by atoms with Gasteiger partial charge < -0.3 is 9.47 Å². The molecule has 0 aliphatic heterocycles. The minimum absolute atomic E-state index is 0.0898. The summed E-state index contributed by atoms with van der Waals surface area (Å²) in [4.78, 5) is 24.9. The van der Waals surface area contributed by atoms with Gasteiger partial charge >= 0.3 is 11.9 Å². The molecule has 0 bridgehead atoms. The topological polar surface area (TPSA) is 52.6 Å². The summed E-state index contributed by atoms with van der Waals surface area (Å²) in [7, 11) is 0. The first-order valence-electron chi connectivity index (χ1n) is 10.9. The minimum atomic E-state index is -0.552. The number of unbranched alkanes of at least 4 members (excludes halogenated alkanes) is 2. The first kappa shape index (κ1) is 23.6. The van der Waals surface area contributed by atoms with E-state index in [-0.39, 0.29) is 28.2 Å². The summed E-state index contributed by atoms with van der Waals surface area (Å²) in [6.45, 7) is 2.22. The van der Waals surface area contributed by atoms with Crippen LogP contribution in [0.1, 0.15) is 68.6 Å². The minimum Gasteiger partial charge on any atom is -0.425 e. The number of halogens is 2. The zero-order valence-corrected chi connectivity index (χ0v) is 19.3. The maximum atomic E-state index is 12.6. The molecular formula is C25H28Cl2O4. The Balaban J connectivity index is 1.52. The molecule has 0 amide bonds. The number of benzene rings is 2. The lowest BCUT2D eigenvalue weighted by Gasteiger charge is -2.27. The summed E-state index contributed by atoms with van der Waals surface area (Å²) in [6, 6.07) is 11.0. The Morgan fingerprint density at radius 1 is 0.935 bits per heavy atom. The second kappa shape index (κ2) is 11.5. The Morgan fingerprint density at radius 3 is 2.29 bits per heavy atom. The molecule has 31 heavy (non-hydrogen) atoms. The standard InChI is InChI=1S/C25H28Cl2O4/c1-2-3-4-5-17-6-8-18(9-7-17)24(28)31-23-15-10-19(16-22(23)27)25(29)30-21-13-11-20(26)12-14-21/h10-18H,2-9H2,1H3/t17-,18-. The maximum Gasteiger partial charge on any atom is 0.343 e. The average Bonchev–Trinajstić information content (AvgIpc) is 2.77. The van der Waals surface area contributed by atoms with Crippen LogP contribution in [0.4, 0.5) is 0 Å². The molecule has 0 atom stereocenters. The molecule has 0 saturated heterocycles. The number of rotatable bonds is 8. The van der Waals surface area contributed by atoms with Gasteiger partial charge in [0.05, 0.1) is 16.5 Å². The van der Waals surface area contributed by atoms with Crippen molar-refractivity contribution >= 4 is 35.1 Å². The molecule has 1 aliphatic carbocycles. The van der Waals surface area contributed by atoms with Crippen LogP contribution in [0.3, 0.4) is 0 Å². The molecule has 0 N–H and O–H groups in total. The van der Waals surface area contributed by atoms with E-state index in [0.717, 1.165) is 31.6 Å². The fraction of sp³-hybridized carbons (Fsp3) is 0.440. The quantitative estimate of drug-likeness (QED) is 0.231. The molecule has 0 spiro atoms. The third kappa shape index (κ3) is 6.98. The third-order valence-corrected chi connectivity index (χ3v) is 6.35. The fourth-order valence-electron chi connectivity index (χ4n) is 3.94. The Morgan fingerprint density at radius 2 is 1.65 bits per heavy atom. The van der Waals surface area contributed by atoms with Crippen LogP contribution in [0.5, 0.6) is 11.5 Å². The molecule has 0 unspecified atom stereocenters. The summed E-state index contributed by atoms with van der Waals surface area (Å²) in [6.07, 6.45) is 8.92. The van der Waals surface area contributed by atoms with Crippen molar-refractivity contribution in [2.24, 2.45) is 11.8 Å². The first-order chi connectivity index (χ1) is 15.0. The van der Waals surface area contributed by atoms with E-state index in [4.69, 9.17) is 32.7 Å². The van der Waals surface area contributed by atoms with E-state index in [1.165, 1.54) is 43.9 Å². The van der Waals surface area contributed by atoms with E-state index < -0.39 is 5.97 Å². The van der Waals surface area contributed by atoms with Crippen molar-refractivity contribution in [2.75, 3.05) is 0 Å². The molecule has 3 rings (SSSR count). The van der Waals surface area contributed by atoms with E-state index in [0.29, 0.717) is 10.8 Å². The maximum absolute atomic E-state index is 12.6. The summed E-state index contributed by atoms with van der Waals surface area (Å²) >= 11 is 12.1. The van der Waals surface area contributed by atoms with Crippen LogP contribution in [-0.2, 0) is 4.79 Å². The van der Waals surface area contributed by atoms with E-state index >= 15 is 0 Å². The van der Waals surface area contributed by atoms with Crippen molar-refractivity contribution in [1.29, 1.82) is 0 Å². The van der Waals surface area contributed by atoms with Crippen molar-refractivity contribution in [1.82, 2.24) is 0 Å². The third-order valence-electron chi connectivity index (χ3n) is 5.80. The van der Waals surface area contributed by atoms with Gasteiger partial charge in [-0.3, -0.25) is 4.79 Å². The van der Waals surface area contributed by atoms with Crippen LogP contribution < -0.4 is 9.47 Å². The predicted molar refractivity (Wildman–Crippen MR) is 123 cm³/mol. The lowest BCUT2D eigenvalue weighted by molar-refractivity contribution is -0.140.